The zero-order valence-electron chi connectivity index (χ0n) is 12.2. The Hall–Kier alpha value is -1.71. The molecule has 1 aromatic heterocycles. The van der Waals surface area contributed by atoms with E-state index < -0.39 is 11.6 Å². The van der Waals surface area contributed by atoms with E-state index in [1.807, 2.05) is 20.8 Å². The summed E-state index contributed by atoms with van der Waals surface area (Å²) in [5.41, 5.74) is 2.00. The van der Waals surface area contributed by atoms with Crippen molar-refractivity contribution in [1.82, 2.24) is 9.55 Å². The summed E-state index contributed by atoms with van der Waals surface area (Å²) in [6, 6.07) is 3.65. The van der Waals surface area contributed by atoms with Gasteiger partial charge in [0.05, 0.1) is 5.69 Å². The van der Waals surface area contributed by atoms with Gasteiger partial charge in [-0.2, -0.15) is 0 Å². The quantitative estimate of drug-likeness (QED) is 0.751. The molecule has 0 bridgehead atoms. The Labute approximate surface area is 118 Å². The minimum Gasteiger partial charge on any atom is -0.332 e. The Kier molecular flexibility index (Phi) is 4.53. The van der Waals surface area contributed by atoms with E-state index in [4.69, 9.17) is 0 Å². The molecule has 1 aliphatic rings. The average molecular weight is 278 g/mol. The highest BCUT2D eigenvalue weighted by Crippen LogP contribution is 2.29. The molecule has 1 aliphatic heterocycles. The number of hydrogen-bond donors (Lipinski definition) is 0. The van der Waals surface area contributed by atoms with E-state index in [1.165, 1.54) is 12.1 Å². The van der Waals surface area contributed by atoms with Crippen molar-refractivity contribution in [1.29, 1.82) is 0 Å². The molecule has 0 spiro atoms. The summed E-state index contributed by atoms with van der Waals surface area (Å²) in [5, 5.41) is 0. The summed E-state index contributed by atoms with van der Waals surface area (Å²) >= 11 is 0. The lowest BCUT2D eigenvalue weighted by Crippen LogP contribution is -2.11. The van der Waals surface area contributed by atoms with Crippen LogP contribution < -0.4 is 0 Å². The molecule has 0 unspecified atom stereocenters. The summed E-state index contributed by atoms with van der Waals surface area (Å²) in [6.07, 6.45) is 3.20. The van der Waals surface area contributed by atoms with Gasteiger partial charge in [0.2, 0.25) is 0 Å². The molecule has 0 amide bonds. The first-order valence-electron chi connectivity index (χ1n) is 7.18. The third-order valence-corrected chi connectivity index (χ3v) is 3.52. The number of aryl methyl sites for hydroxylation is 1. The molecular weight excluding hydrogens is 258 g/mol. The lowest BCUT2D eigenvalue weighted by atomic mass is 10.1. The summed E-state index contributed by atoms with van der Waals surface area (Å²) in [4.78, 5) is 4.51. The predicted molar refractivity (Wildman–Crippen MR) is 76.6 cm³/mol. The van der Waals surface area contributed by atoms with E-state index in [1.54, 1.807) is 0 Å². The summed E-state index contributed by atoms with van der Waals surface area (Å²) in [5.74, 6) is -0.0936. The van der Waals surface area contributed by atoms with Gasteiger partial charge in [-0.05, 0) is 31.9 Å². The number of hydrogen-bond acceptors (Lipinski definition) is 1. The van der Waals surface area contributed by atoms with Crippen molar-refractivity contribution in [3.8, 4) is 11.3 Å². The molecule has 2 heterocycles. The molecule has 0 aliphatic carbocycles. The molecule has 2 aromatic rings. The maximum Gasteiger partial charge on any atom is 0.135 e. The Balaban J connectivity index is 0.000000704. The van der Waals surface area contributed by atoms with Gasteiger partial charge in [-0.25, -0.2) is 13.8 Å². The lowest BCUT2D eigenvalue weighted by Gasteiger charge is -2.14. The highest BCUT2D eigenvalue weighted by atomic mass is 19.1. The van der Waals surface area contributed by atoms with Crippen LogP contribution in [0.5, 0.6) is 0 Å². The number of benzene rings is 1. The number of aromatic nitrogens is 2. The molecular formula is C16H20F2N2. The fraction of sp³-hybridized carbons (Fsp3) is 0.438. The zero-order chi connectivity index (χ0) is 14.7. The van der Waals surface area contributed by atoms with Gasteiger partial charge in [-0.1, -0.05) is 13.8 Å². The molecule has 20 heavy (non-hydrogen) atoms. The van der Waals surface area contributed by atoms with Crippen molar-refractivity contribution in [2.45, 2.75) is 46.6 Å². The van der Waals surface area contributed by atoms with Gasteiger partial charge in [0, 0.05) is 30.3 Å². The topological polar surface area (TPSA) is 17.8 Å². The molecule has 0 radical (unpaired) electrons. The van der Waals surface area contributed by atoms with Crippen molar-refractivity contribution in [2.24, 2.45) is 0 Å². The summed E-state index contributed by atoms with van der Waals surface area (Å²) in [7, 11) is 0. The van der Waals surface area contributed by atoms with Gasteiger partial charge >= 0.3 is 0 Å². The van der Waals surface area contributed by atoms with Crippen LogP contribution in [0, 0.1) is 18.6 Å². The maximum atomic E-state index is 13.8. The Morgan fingerprint density at radius 1 is 1.15 bits per heavy atom. The third-order valence-electron chi connectivity index (χ3n) is 3.52. The number of imidazole rings is 1. The number of rotatable bonds is 1. The van der Waals surface area contributed by atoms with E-state index in [9.17, 15) is 8.78 Å². The zero-order valence-corrected chi connectivity index (χ0v) is 12.2. The van der Waals surface area contributed by atoms with Crippen LogP contribution in [0.15, 0.2) is 18.2 Å². The van der Waals surface area contributed by atoms with Crippen molar-refractivity contribution >= 4 is 0 Å². The maximum absolute atomic E-state index is 13.8. The Bertz CT molecular complexity index is 603. The standard InChI is InChI=1S/C14H14F2N2.C2H6/c1-9-14(11-6-5-10(15)8-12(11)16)17-13-4-2-3-7-18(9)13;1-2/h5-6,8H,2-4,7H2,1H3;1-2H3. The van der Waals surface area contributed by atoms with Crippen LogP contribution in [0.1, 0.15) is 38.2 Å². The summed E-state index contributed by atoms with van der Waals surface area (Å²) < 4.78 is 28.9. The molecule has 0 fully saturated rings. The van der Waals surface area contributed by atoms with Crippen LogP contribution in [-0.4, -0.2) is 9.55 Å². The molecule has 4 heteroatoms. The number of halogens is 2. The highest BCUT2D eigenvalue weighted by Gasteiger charge is 2.19. The van der Waals surface area contributed by atoms with E-state index in [0.717, 1.165) is 43.4 Å². The van der Waals surface area contributed by atoms with Gasteiger partial charge in [0.1, 0.15) is 17.5 Å². The van der Waals surface area contributed by atoms with Crippen molar-refractivity contribution in [3.05, 3.63) is 41.4 Å². The Morgan fingerprint density at radius 2 is 1.90 bits per heavy atom. The smallest absolute Gasteiger partial charge is 0.135 e. The first-order valence-corrected chi connectivity index (χ1v) is 7.18. The third kappa shape index (κ3) is 2.60. The van der Waals surface area contributed by atoms with Gasteiger partial charge in [-0.15, -0.1) is 0 Å². The lowest BCUT2D eigenvalue weighted by molar-refractivity contribution is 0.514. The van der Waals surface area contributed by atoms with E-state index >= 15 is 0 Å². The number of nitrogens with zero attached hydrogens (tertiary/aromatic N) is 2. The van der Waals surface area contributed by atoms with Gasteiger partial charge in [-0.3, -0.25) is 0 Å². The fourth-order valence-electron chi connectivity index (χ4n) is 2.57. The SMILES string of the molecule is CC.Cc1c(-c2ccc(F)cc2F)nc2n1CCCC2. The Morgan fingerprint density at radius 3 is 2.55 bits per heavy atom. The largest absolute Gasteiger partial charge is 0.332 e. The number of fused-ring (bicyclic) bond motifs is 1. The highest BCUT2D eigenvalue weighted by molar-refractivity contribution is 5.63. The van der Waals surface area contributed by atoms with Gasteiger partial charge in [0.25, 0.3) is 0 Å². The van der Waals surface area contributed by atoms with Crippen LogP contribution in [0.3, 0.4) is 0 Å². The molecule has 0 atom stereocenters. The first-order chi connectivity index (χ1) is 9.66. The molecule has 0 saturated carbocycles. The average Bonchev–Trinajstić information content (AvgIpc) is 2.79. The van der Waals surface area contributed by atoms with Crippen LogP contribution in [0.25, 0.3) is 11.3 Å². The summed E-state index contributed by atoms with van der Waals surface area (Å²) in [6.45, 7) is 6.89. The van der Waals surface area contributed by atoms with Crippen LogP contribution in [-0.2, 0) is 13.0 Å². The molecule has 0 saturated heterocycles. The monoisotopic (exact) mass is 278 g/mol. The fourth-order valence-corrected chi connectivity index (χ4v) is 2.57. The van der Waals surface area contributed by atoms with Crippen molar-refractivity contribution < 1.29 is 8.78 Å². The first kappa shape index (κ1) is 14.7. The van der Waals surface area contributed by atoms with Gasteiger partial charge < -0.3 is 4.57 Å². The second kappa shape index (κ2) is 6.16. The van der Waals surface area contributed by atoms with Gasteiger partial charge in [0.15, 0.2) is 0 Å². The minimum absolute atomic E-state index is 0.385. The molecule has 2 nitrogen and oxygen atoms in total. The van der Waals surface area contributed by atoms with E-state index in [2.05, 4.69) is 9.55 Å². The van der Waals surface area contributed by atoms with E-state index in [-0.39, 0.29) is 0 Å². The van der Waals surface area contributed by atoms with Crippen LogP contribution >= 0.6 is 0 Å². The predicted octanol–water partition coefficient (Wildman–Crippen LogP) is 4.50. The second-order valence-electron chi connectivity index (χ2n) is 4.69. The normalized spacial score (nSPS) is 13.4. The molecule has 0 N–H and O–H groups in total. The van der Waals surface area contributed by atoms with Crippen molar-refractivity contribution in [3.63, 3.8) is 0 Å². The molecule has 3 rings (SSSR count). The minimum atomic E-state index is -0.558. The second-order valence-corrected chi connectivity index (χ2v) is 4.69. The van der Waals surface area contributed by atoms with Crippen molar-refractivity contribution in [2.75, 3.05) is 0 Å². The van der Waals surface area contributed by atoms with Crippen LogP contribution in [0.2, 0.25) is 0 Å². The molecule has 1 aromatic carbocycles. The van der Waals surface area contributed by atoms with E-state index in [0.29, 0.717) is 11.3 Å². The molecule has 108 valence electrons. The van der Waals surface area contributed by atoms with Crippen LogP contribution in [0.4, 0.5) is 8.78 Å².